The third-order valence-electron chi connectivity index (χ3n) is 5.36. The number of benzene rings is 1. The average Bonchev–Trinajstić information content (AvgIpc) is 3.15. The highest BCUT2D eigenvalue weighted by Gasteiger charge is 2.18. The van der Waals surface area contributed by atoms with Crippen molar-refractivity contribution in [2.45, 2.75) is 52.4 Å². The number of ether oxygens (including phenoxy) is 1. The monoisotopic (exact) mass is 406 g/mol. The SMILES string of the molecule is CCCCNCCCOc1ccc(C(=O)c2c(CCCC)cc3ccccn23)cc1. The molecule has 0 radical (unpaired) electrons. The van der Waals surface area contributed by atoms with Crippen LogP contribution in [-0.4, -0.2) is 29.9 Å². The van der Waals surface area contributed by atoms with Crippen molar-refractivity contribution in [3.8, 4) is 5.75 Å². The fourth-order valence-corrected chi connectivity index (χ4v) is 3.65. The van der Waals surface area contributed by atoms with Crippen LogP contribution in [0.3, 0.4) is 0 Å². The van der Waals surface area contributed by atoms with Crippen molar-refractivity contribution in [2.75, 3.05) is 19.7 Å². The summed E-state index contributed by atoms with van der Waals surface area (Å²) in [7, 11) is 0. The Morgan fingerprint density at radius 2 is 1.73 bits per heavy atom. The first-order valence-corrected chi connectivity index (χ1v) is 11.3. The highest BCUT2D eigenvalue weighted by molar-refractivity contribution is 6.09. The summed E-state index contributed by atoms with van der Waals surface area (Å²) in [5, 5.41) is 3.42. The lowest BCUT2D eigenvalue weighted by molar-refractivity contribution is 0.103. The number of carbonyl (C=O) groups is 1. The number of pyridine rings is 1. The van der Waals surface area contributed by atoms with Gasteiger partial charge in [-0.25, -0.2) is 0 Å². The minimum Gasteiger partial charge on any atom is -0.494 e. The van der Waals surface area contributed by atoms with Crippen LogP contribution in [0.25, 0.3) is 5.52 Å². The molecule has 0 aliphatic carbocycles. The fraction of sp³-hybridized carbons (Fsp3) is 0.423. The number of aromatic nitrogens is 1. The molecule has 4 nitrogen and oxygen atoms in total. The first-order valence-electron chi connectivity index (χ1n) is 11.3. The third kappa shape index (κ3) is 5.73. The number of unbranched alkanes of at least 4 members (excludes halogenated alkanes) is 2. The van der Waals surface area contributed by atoms with E-state index in [1.165, 1.54) is 12.8 Å². The summed E-state index contributed by atoms with van der Waals surface area (Å²) in [6, 6.07) is 15.7. The van der Waals surface area contributed by atoms with Crippen molar-refractivity contribution in [2.24, 2.45) is 0 Å². The maximum absolute atomic E-state index is 13.3. The minimum atomic E-state index is 0.0685. The molecule has 0 saturated carbocycles. The van der Waals surface area contributed by atoms with Crippen LogP contribution in [0, 0.1) is 0 Å². The second kappa shape index (κ2) is 11.6. The minimum absolute atomic E-state index is 0.0685. The maximum atomic E-state index is 13.3. The average molecular weight is 407 g/mol. The van der Waals surface area contributed by atoms with E-state index >= 15 is 0 Å². The summed E-state index contributed by atoms with van der Waals surface area (Å²) in [6.45, 7) is 7.10. The number of hydrogen-bond donors (Lipinski definition) is 1. The van der Waals surface area contributed by atoms with Crippen LogP contribution in [0.1, 0.15) is 67.6 Å². The molecule has 3 rings (SSSR count). The van der Waals surface area contributed by atoms with Gasteiger partial charge in [-0.2, -0.15) is 0 Å². The van der Waals surface area contributed by atoms with Crippen LogP contribution in [0.4, 0.5) is 0 Å². The Morgan fingerprint density at radius 1 is 0.967 bits per heavy atom. The Bertz CT molecular complexity index is 928. The van der Waals surface area contributed by atoms with E-state index in [1.54, 1.807) is 0 Å². The number of carbonyl (C=O) groups excluding carboxylic acids is 1. The van der Waals surface area contributed by atoms with Crippen molar-refractivity contribution in [1.29, 1.82) is 0 Å². The Morgan fingerprint density at radius 3 is 2.50 bits per heavy atom. The molecule has 2 heterocycles. The summed E-state index contributed by atoms with van der Waals surface area (Å²) >= 11 is 0. The van der Waals surface area contributed by atoms with E-state index in [1.807, 2.05) is 47.0 Å². The molecular weight excluding hydrogens is 372 g/mol. The van der Waals surface area contributed by atoms with Gasteiger partial charge in [-0.3, -0.25) is 4.79 Å². The topological polar surface area (TPSA) is 42.7 Å². The lowest BCUT2D eigenvalue weighted by Crippen LogP contribution is -2.18. The summed E-state index contributed by atoms with van der Waals surface area (Å²) in [6.07, 6.45) is 8.50. The molecule has 4 heteroatoms. The normalized spacial score (nSPS) is 11.1. The lowest BCUT2D eigenvalue weighted by Gasteiger charge is -2.09. The van der Waals surface area contributed by atoms with Gasteiger partial charge >= 0.3 is 0 Å². The highest BCUT2D eigenvalue weighted by atomic mass is 16.5. The van der Waals surface area contributed by atoms with Gasteiger partial charge in [0.15, 0.2) is 0 Å². The second-order valence-corrected chi connectivity index (χ2v) is 7.78. The largest absolute Gasteiger partial charge is 0.494 e. The lowest BCUT2D eigenvalue weighted by atomic mass is 10.0. The molecule has 3 aromatic rings. The molecule has 2 aromatic heterocycles. The van der Waals surface area contributed by atoms with Crippen molar-refractivity contribution in [1.82, 2.24) is 9.72 Å². The van der Waals surface area contributed by atoms with Gasteiger partial charge in [-0.1, -0.05) is 32.8 Å². The Balaban J connectivity index is 1.64. The molecule has 0 bridgehead atoms. The summed E-state index contributed by atoms with van der Waals surface area (Å²) in [5.41, 5.74) is 3.68. The van der Waals surface area contributed by atoms with E-state index in [4.69, 9.17) is 4.74 Å². The van der Waals surface area contributed by atoms with Gasteiger partial charge in [0.2, 0.25) is 5.78 Å². The fourth-order valence-electron chi connectivity index (χ4n) is 3.65. The van der Waals surface area contributed by atoms with Gasteiger partial charge in [0.05, 0.1) is 12.3 Å². The molecule has 0 amide bonds. The van der Waals surface area contributed by atoms with Crippen molar-refractivity contribution < 1.29 is 9.53 Å². The number of nitrogens with one attached hydrogen (secondary N) is 1. The summed E-state index contributed by atoms with van der Waals surface area (Å²) in [5.74, 6) is 0.880. The number of rotatable bonds is 13. The van der Waals surface area contributed by atoms with Gasteiger partial charge in [0, 0.05) is 17.3 Å². The predicted molar refractivity (Wildman–Crippen MR) is 124 cm³/mol. The van der Waals surface area contributed by atoms with E-state index in [0.717, 1.165) is 61.3 Å². The van der Waals surface area contributed by atoms with Crippen molar-refractivity contribution in [3.63, 3.8) is 0 Å². The molecule has 0 atom stereocenters. The first kappa shape index (κ1) is 22.1. The van der Waals surface area contributed by atoms with Gasteiger partial charge < -0.3 is 14.5 Å². The third-order valence-corrected chi connectivity index (χ3v) is 5.36. The van der Waals surface area contributed by atoms with Crippen LogP contribution in [0.5, 0.6) is 5.75 Å². The zero-order valence-electron chi connectivity index (χ0n) is 18.3. The summed E-state index contributed by atoms with van der Waals surface area (Å²) in [4.78, 5) is 13.3. The molecule has 0 fully saturated rings. The molecule has 0 unspecified atom stereocenters. The van der Waals surface area contributed by atoms with Gasteiger partial charge in [-0.15, -0.1) is 0 Å². The van der Waals surface area contributed by atoms with E-state index in [2.05, 4.69) is 31.3 Å². The molecule has 160 valence electrons. The van der Waals surface area contributed by atoms with E-state index in [-0.39, 0.29) is 5.78 Å². The smallest absolute Gasteiger partial charge is 0.210 e. The summed E-state index contributed by atoms with van der Waals surface area (Å²) < 4.78 is 7.85. The second-order valence-electron chi connectivity index (χ2n) is 7.78. The number of hydrogen-bond acceptors (Lipinski definition) is 3. The molecule has 0 spiro atoms. The quantitative estimate of drug-likeness (QED) is 0.294. The van der Waals surface area contributed by atoms with Crippen LogP contribution >= 0.6 is 0 Å². The van der Waals surface area contributed by atoms with Crippen molar-refractivity contribution in [3.05, 3.63) is 71.5 Å². The van der Waals surface area contributed by atoms with Crippen LogP contribution in [0.2, 0.25) is 0 Å². The number of aryl methyl sites for hydroxylation is 1. The molecule has 0 aliphatic heterocycles. The van der Waals surface area contributed by atoms with E-state index in [9.17, 15) is 4.79 Å². The number of ketones is 1. The van der Waals surface area contributed by atoms with E-state index in [0.29, 0.717) is 12.2 Å². The molecule has 0 saturated heterocycles. The van der Waals surface area contributed by atoms with Gasteiger partial charge in [0.25, 0.3) is 0 Å². The molecule has 0 aliphatic rings. The Kier molecular flexibility index (Phi) is 8.52. The van der Waals surface area contributed by atoms with Crippen LogP contribution < -0.4 is 10.1 Å². The van der Waals surface area contributed by atoms with E-state index < -0.39 is 0 Å². The van der Waals surface area contributed by atoms with Crippen molar-refractivity contribution >= 4 is 11.3 Å². The first-order chi connectivity index (χ1) is 14.7. The highest BCUT2D eigenvalue weighted by Crippen LogP contribution is 2.23. The standard InChI is InChI=1S/C26H34N2O2/c1-3-5-10-22-20-23-11-7-8-18-28(23)25(22)26(29)21-12-14-24(15-13-21)30-19-9-17-27-16-6-4-2/h7-8,11-15,18,20,27H,3-6,9-10,16-17,19H2,1-2H3. The predicted octanol–water partition coefficient (Wildman–Crippen LogP) is 5.67. The Hall–Kier alpha value is -2.59. The zero-order chi connectivity index (χ0) is 21.2. The number of nitrogens with zero attached hydrogens (tertiary/aromatic N) is 1. The number of fused-ring (bicyclic) bond motifs is 1. The molecule has 1 N–H and O–H groups in total. The van der Waals surface area contributed by atoms with Gasteiger partial charge in [-0.05, 0) is 86.8 Å². The zero-order valence-corrected chi connectivity index (χ0v) is 18.3. The van der Waals surface area contributed by atoms with Crippen LogP contribution in [0.15, 0.2) is 54.7 Å². The molecular formula is C26H34N2O2. The molecule has 1 aromatic carbocycles. The van der Waals surface area contributed by atoms with Crippen LogP contribution in [-0.2, 0) is 6.42 Å². The van der Waals surface area contributed by atoms with Gasteiger partial charge in [0.1, 0.15) is 5.75 Å². The molecule has 30 heavy (non-hydrogen) atoms. The maximum Gasteiger partial charge on any atom is 0.210 e. The Labute approximate surface area is 180 Å².